The summed E-state index contributed by atoms with van der Waals surface area (Å²) >= 11 is 0. The Bertz CT molecular complexity index is 835. The average molecular weight is 396 g/mol. The lowest BCUT2D eigenvalue weighted by Gasteiger charge is -2.22. The van der Waals surface area contributed by atoms with E-state index in [0.29, 0.717) is 51.2 Å². The van der Waals surface area contributed by atoms with E-state index < -0.39 is 0 Å². The normalized spacial score (nSPS) is 14.4. The first kappa shape index (κ1) is 20.7. The number of aryl methyl sites for hydroxylation is 1. The minimum Gasteiger partial charge on any atom is -0.507 e. The third-order valence-electron chi connectivity index (χ3n) is 5.09. The van der Waals surface area contributed by atoms with E-state index in [1.165, 1.54) is 11.6 Å². The van der Waals surface area contributed by atoms with Crippen molar-refractivity contribution in [3.63, 3.8) is 0 Å². The van der Waals surface area contributed by atoms with Gasteiger partial charge in [-0.3, -0.25) is 9.59 Å². The average Bonchev–Trinajstić information content (AvgIpc) is 2.98. The van der Waals surface area contributed by atoms with Crippen molar-refractivity contribution in [2.75, 3.05) is 32.8 Å². The minimum atomic E-state index is -0.191. The van der Waals surface area contributed by atoms with Gasteiger partial charge in [-0.25, -0.2) is 0 Å². The second-order valence-corrected chi connectivity index (χ2v) is 7.31. The van der Waals surface area contributed by atoms with Crippen LogP contribution in [0.5, 0.6) is 11.5 Å². The van der Waals surface area contributed by atoms with Crippen LogP contribution in [0.3, 0.4) is 0 Å². The molecule has 1 aliphatic heterocycles. The number of benzene rings is 2. The molecule has 6 heteroatoms. The van der Waals surface area contributed by atoms with Gasteiger partial charge in [-0.2, -0.15) is 0 Å². The predicted molar refractivity (Wildman–Crippen MR) is 111 cm³/mol. The van der Waals surface area contributed by atoms with Gasteiger partial charge in [0.05, 0.1) is 12.2 Å². The molecule has 6 nitrogen and oxygen atoms in total. The van der Waals surface area contributed by atoms with E-state index in [2.05, 4.69) is 0 Å². The summed E-state index contributed by atoms with van der Waals surface area (Å²) in [5.41, 5.74) is 1.49. The Hall–Kier alpha value is -3.02. The summed E-state index contributed by atoms with van der Waals surface area (Å²) in [6.07, 6.45) is 1.81. The second kappa shape index (κ2) is 9.96. The number of hydrogen-bond acceptors (Lipinski definition) is 4. The number of rotatable bonds is 6. The van der Waals surface area contributed by atoms with Gasteiger partial charge in [-0.15, -0.1) is 0 Å². The van der Waals surface area contributed by atoms with Crippen molar-refractivity contribution in [3.05, 3.63) is 59.7 Å². The SMILES string of the molecule is Cc1ccc(OCCCC(=O)N2CCCN(C(=O)c3ccccc3O)CC2)cc1. The summed E-state index contributed by atoms with van der Waals surface area (Å²) in [6, 6.07) is 14.4. The van der Waals surface area contributed by atoms with Crippen LogP contribution in [-0.4, -0.2) is 59.5 Å². The monoisotopic (exact) mass is 396 g/mol. The summed E-state index contributed by atoms with van der Waals surface area (Å²) in [4.78, 5) is 28.7. The van der Waals surface area contributed by atoms with Crippen LogP contribution < -0.4 is 4.74 Å². The number of amides is 2. The zero-order valence-corrected chi connectivity index (χ0v) is 16.8. The number of ether oxygens (including phenoxy) is 1. The van der Waals surface area contributed by atoms with Crippen LogP contribution in [0.25, 0.3) is 0 Å². The zero-order valence-electron chi connectivity index (χ0n) is 16.8. The number of para-hydroxylation sites is 1. The lowest BCUT2D eigenvalue weighted by molar-refractivity contribution is -0.131. The van der Waals surface area contributed by atoms with Crippen LogP contribution in [0.2, 0.25) is 0 Å². The first-order valence-electron chi connectivity index (χ1n) is 10.1. The number of phenolic OH excluding ortho intramolecular Hbond substituents is 1. The summed E-state index contributed by atoms with van der Waals surface area (Å²) in [5.74, 6) is 0.706. The summed E-state index contributed by atoms with van der Waals surface area (Å²) in [7, 11) is 0. The quantitative estimate of drug-likeness (QED) is 0.761. The highest BCUT2D eigenvalue weighted by Crippen LogP contribution is 2.19. The summed E-state index contributed by atoms with van der Waals surface area (Å²) in [5, 5.41) is 9.91. The third kappa shape index (κ3) is 5.73. The van der Waals surface area contributed by atoms with Gasteiger partial charge in [0.1, 0.15) is 11.5 Å². The molecule has 154 valence electrons. The van der Waals surface area contributed by atoms with Crippen LogP contribution in [0.1, 0.15) is 35.2 Å². The molecular weight excluding hydrogens is 368 g/mol. The molecule has 1 fully saturated rings. The molecule has 0 unspecified atom stereocenters. The molecule has 2 aromatic rings. The van der Waals surface area contributed by atoms with Gasteiger partial charge in [0.2, 0.25) is 5.91 Å². The number of carbonyl (C=O) groups is 2. The molecule has 1 N–H and O–H groups in total. The molecule has 2 aromatic carbocycles. The fourth-order valence-corrected chi connectivity index (χ4v) is 3.40. The van der Waals surface area contributed by atoms with Gasteiger partial charge >= 0.3 is 0 Å². The highest BCUT2D eigenvalue weighted by atomic mass is 16.5. The van der Waals surface area contributed by atoms with E-state index >= 15 is 0 Å². The molecule has 1 saturated heterocycles. The van der Waals surface area contributed by atoms with E-state index in [1.807, 2.05) is 36.1 Å². The number of carbonyl (C=O) groups excluding carboxylic acids is 2. The number of phenols is 1. The highest BCUT2D eigenvalue weighted by Gasteiger charge is 2.23. The van der Waals surface area contributed by atoms with Gasteiger partial charge in [0, 0.05) is 32.6 Å². The lowest BCUT2D eigenvalue weighted by Crippen LogP contribution is -2.37. The summed E-state index contributed by atoms with van der Waals surface area (Å²) < 4.78 is 5.68. The van der Waals surface area contributed by atoms with E-state index in [-0.39, 0.29) is 17.6 Å². The van der Waals surface area contributed by atoms with Crippen LogP contribution in [-0.2, 0) is 4.79 Å². The Morgan fingerprint density at radius 2 is 1.66 bits per heavy atom. The molecular formula is C23H28N2O4. The van der Waals surface area contributed by atoms with Crippen LogP contribution in [0.4, 0.5) is 0 Å². The maximum atomic E-state index is 12.7. The predicted octanol–water partition coefficient (Wildman–Crippen LogP) is 3.23. The molecule has 1 aliphatic rings. The van der Waals surface area contributed by atoms with E-state index in [1.54, 1.807) is 23.1 Å². The van der Waals surface area contributed by atoms with Gasteiger partial charge in [0.25, 0.3) is 5.91 Å². The van der Waals surface area contributed by atoms with E-state index in [4.69, 9.17) is 4.74 Å². The molecule has 0 saturated carbocycles. The zero-order chi connectivity index (χ0) is 20.6. The van der Waals surface area contributed by atoms with Gasteiger partial charge in [0.15, 0.2) is 0 Å². The Kier molecular flexibility index (Phi) is 7.11. The number of hydrogen-bond donors (Lipinski definition) is 1. The lowest BCUT2D eigenvalue weighted by atomic mass is 10.1. The molecule has 0 aliphatic carbocycles. The van der Waals surface area contributed by atoms with Crippen LogP contribution >= 0.6 is 0 Å². The minimum absolute atomic E-state index is 0.0109. The Morgan fingerprint density at radius 3 is 2.41 bits per heavy atom. The van der Waals surface area contributed by atoms with Crippen molar-refractivity contribution in [2.24, 2.45) is 0 Å². The Labute approximate surface area is 171 Å². The molecule has 0 bridgehead atoms. The largest absolute Gasteiger partial charge is 0.507 e. The second-order valence-electron chi connectivity index (χ2n) is 7.31. The molecule has 2 amide bonds. The van der Waals surface area contributed by atoms with E-state index in [9.17, 15) is 14.7 Å². The fourth-order valence-electron chi connectivity index (χ4n) is 3.40. The highest BCUT2D eigenvalue weighted by molar-refractivity contribution is 5.96. The summed E-state index contributed by atoms with van der Waals surface area (Å²) in [6.45, 7) is 4.73. The molecule has 0 spiro atoms. The maximum Gasteiger partial charge on any atom is 0.257 e. The Balaban J connectivity index is 1.43. The van der Waals surface area contributed by atoms with Crippen molar-refractivity contribution >= 4 is 11.8 Å². The Morgan fingerprint density at radius 1 is 0.966 bits per heavy atom. The maximum absolute atomic E-state index is 12.7. The van der Waals surface area contributed by atoms with Crippen molar-refractivity contribution in [1.82, 2.24) is 9.80 Å². The van der Waals surface area contributed by atoms with Gasteiger partial charge in [-0.1, -0.05) is 29.8 Å². The van der Waals surface area contributed by atoms with Gasteiger partial charge in [-0.05, 0) is 44.0 Å². The first-order chi connectivity index (χ1) is 14.0. The third-order valence-corrected chi connectivity index (χ3v) is 5.09. The van der Waals surface area contributed by atoms with Gasteiger partial charge < -0.3 is 19.6 Å². The standard InChI is InChI=1S/C23H28N2O4/c1-18-9-11-19(12-10-18)29-17-4-8-22(27)24-13-5-14-25(16-15-24)23(28)20-6-2-3-7-21(20)26/h2-3,6-7,9-12,26H,4-5,8,13-17H2,1H3. The fraction of sp³-hybridized carbons (Fsp3) is 0.391. The van der Waals surface area contributed by atoms with E-state index in [0.717, 1.165) is 12.2 Å². The number of nitrogens with zero attached hydrogens (tertiary/aromatic N) is 2. The molecule has 29 heavy (non-hydrogen) atoms. The van der Waals surface area contributed by atoms with Crippen LogP contribution in [0.15, 0.2) is 48.5 Å². The molecule has 0 aromatic heterocycles. The molecule has 0 atom stereocenters. The van der Waals surface area contributed by atoms with Crippen molar-refractivity contribution in [3.8, 4) is 11.5 Å². The molecule has 1 heterocycles. The smallest absolute Gasteiger partial charge is 0.257 e. The van der Waals surface area contributed by atoms with Crippen LogP contribution in [0, 0.1) is 6.92 Å². The number of aromatic hydroxyl groups is 1. The van der Waals surface area contributed by atoms with Crippen molar-refractivity contribution in [1.29, 1.82) is 0 Å². The molecule has 0 radical (unpaired) electrons. The first-order valence-corrected chi connectivity index (χ1v) is 10.1. The molecule has 3 rings (SSSR count). The van der Waals surface area contributed by atoms with Crippen molar-refractivity contribution < 1.29 is 19.4 Å². The topological polar surface area (TPSA) is 70.1 Å². The van der Waals surface area contributed by atoms with Crippen molar-refractivity contribution in [2.45, 2.75) is 26.2 Å².